The molecular formula is C20H12CoF6N4O2S2. The van der Waals surface area contributed by atoms with Crippen LogP contribution in [0.1, 0.15) is 0 Å². The molecule has 2 aromatic rings. The van der Waals surface area contributed by atoms with Crippen LogP contribution in [0.4, 0.5) is 49.1 Å². The van der Waals surface area contributed by atoms with Gasteiger partial charge in [-0.15, -0.1) is 34.9 Å². The Bertz CT molecular complexity index is 1120. The summed E-state index contributed by atoms with van der Waals surface area (Å²) in [5, 5.41) is 7.83. The van der Waals surface area contributed by atoms with E-state index < -0.39 is 23.9 Å². The number of nitrogens with two attached hydrogens (primary N) is 2. The van der Waals surface area contributed by atoms with Gasteiger partial charge < -0.3 is 22.1 Å². The summed E-state index contributed by atoms with van der Waals surface area (Å²) in [7, 11) is 0. The molecule has 0 saturated heterocycles. The SMILES string of the molecule is Nc1ccc2c(c1)S/C(=C/C(=O)C(F)(F)F)[N-]2.Nc1ccc2c(c1)S/C(=C/C(=O)C(F)(F)F)[N-]2.[Co+2]. The van der Waals surface area contributed by atoms with Gasteiger partial charge in [-0.2, -0.15) is 26.3 Å². The molecule has 0 aliphatic carbocycles. The summed E-state index contributed by atoms with van der Waals surface area (Å²) in [6, 6.07) is 9.58. The Hall–Kier alpha value is -2.75. The largest absolute Gasteiger partial charge is 2.00 e. The summed E-state index contributed by atoms with van der Waals surface area (Å²) in [4.78, 5) is 22.8. The van der Waals surface area contributed by atoms with E-state index in [2.05, 4.69) is 10.6 Å². The molecule has 15 heteroatoms. The number of fused-ring (bicyclic) bond motifs is 2. The van der Waals surface area contributed by atoms with Gasteiger partial charge in [-0.1, -0.05) is 22.2 Å². The molecule has 0 spiro atoms. The van der Waals surface area contributed by atoms with E-state index in [4.69, 9.17) is 11.5 Å². The number of halogens is 6. The average molecular weight is 577 g/mol. The molecule has 4 rings (SSSR count). The Morgan fingerprint density at radius 2 is 1.06 bits per heavy atom. The van der Waals surface area contributed by atoms with Gasteiger partial charge in [0.1, 0.15) is 0 Å². The Labute approximate surface area is 213 Å². The predicted octanol–water partition coefficient (Wildman–Crippen LogP) is 6.70. The summed E-state index contributed by atoms with van der Waals surface area (Å²) >= 11 is 1.98. The van der Waals surface area contributed by atoms with Crippen LogP contribution in [0.2, 0.25) is 0 Å². The van der Waals surface area contributed by atoms with Crippen molar-refractivity contribution in [3.05, 3.63) is 69.2 Å². The second-order valence-corrected chi connectivity index (χ2v) is 8.70. The van der Waals surface area contributed by atoms with Crippen LogP contribution in [0.25, 0.3) is 10.6 Å². The predicted molar refractivity (Wildman–Crippen MR) is 118 cm³/mol. The Balaban J connectivity index is 0.000000240. The second kappa shape index (κ2) is 10.9. The van der Waals surface area contributed by atoms with Gasteiger partial charge >= 0.3 is 29.1 Å². The number of ketones is 2. The van der Waals surface area contributed by atoms with Crippen LogP contribution in [0, 0.1) is 0 Å². The van der Waals surface area contributed by atoms with Crippen molar-refractivity contribution in [2.75, 3.05) is 11.5 Å². The number of carbonyl (C=O) groups is 2. The van der Waals surface area contributed by atoms with Crippen LogP contribution in [-0.2, 0) is 26.4 Å². The second-order valence-electron chi connectivity index (χ2n) is 6.57. The number of hydrogen-bond donors (Lipinski definition) is 2. The Kier molecular flexibility index (Phi) is 8.86. The zero-order chi connectivity index (χ0) is 25.3. The first-order valence-corrected chi connectivity index (χ1v) is 10.6. The van der Waals surface area contributed by atoms with Crippen molar-refractivity contribution in [3.8, 4) is 0 Å². The van der Waals surface area contributed by atoms with Gasteiger partial charge in [0.15, 0.2) is 0 Å². The molecule has 187 valence electrons. The molecule has 0 aromatic heterocycles. The fourth-order valence-corrected chi connectivity index (χ4v) is 4.33. The molecule has 2 aliphatic heterocycles. The quantitative estimate of drug-likeness (QED) is 0.233. The Morgan fingerprint density at radius 1 is 0.714 bits per heavy atom. The maximum absolute atomic E-state index is 12.0. The van der Waals surface area contributed by atoms with E-state index in [0.717, 1.165) is 23.5 Å². The maximum atomic E-state index is 12.0. The van der Waals surface area contributed by atoms with E-state index in [1.165, 1.54) is 0 Å². The molecule has 2 heterocycles. The molecule has 6 nitrogen and oxygen atoms in total. The average Bonchev–Trinajstić information content (AvgIpc) is 3.28. The fourth-order valence-electron chi connectivity index (χ4n) is 2.43. The van der Waals surface area contributed by atoms with Gasteiger partial charge in [-0.3, -0.25) is 9.59 Å². The number of allylic oxidation sites excluding steroid dienone is 2. The van der Waals surface area contributed by atoms with Crippen LogP contribution >= 0.6 is 23.5 Å². The van der Waals surface area contributed by atoms with Gasteiger partial charge in [0, 0.05) is 11.4 Å². The molecule has 35 heavy (non-hydrogen) atoms. The molecule has 4 N–H and O–H groups in total. The molecular weight excluding hydrogens is 565 g/mol. The van der Waals surface area contributed by atoms with Crippen LogP contribution in [0.15, 0.2) is 68.4 Å². The number of nitrogens with zero attached hydrogens (tertiary/aromatic N) is 2. The van der Waals surface area contributed by atoms with E-state index in [1.54, 1.807) is 36.4 Å². The van der Waals surface area contributed by atoms with Crippen molar-refractivity contribution in [1.29, 1.82) is 0 Å². The third-order valence-electron chi connectivity index (χ3n) is 3.93. The van der Waals surface area contributed by atoms with E-state index >= 15 is 0 Å². The molecule has 0 bridgehead atoms. The summed E-state index contributed by atoms with van der Waals surface area (Å²) in [5.41, 5.74) is 13.1. The van der Waals surface area contributed by atoms with Crippen LogP contribution in [0.5, 0.6) is 0 Å². The number of thioether (sulfide) groups is 2. The topological polar surface area (TPSA) is 114 Å². The number of benzene rings is 2. The molecule has 0 amide bonds. The van der Waals surface area contributed by atoms with Gasteiger partial charge in [0.05, 0.1) is 0 Å². The van der Waals surface area contributed by atoms with Gasteiger partial charge in [0.2, 0.25) is 0 Å². The minimum Gasteiger partial charge on any atom is -0.651 e. The Morgan fingerprint density at radius 3 is 1.37 bits per heavy atom. The first-order chi connectivity index (χ1) is 15.7. The number of rotatable bonds is 2. The summed E-state index contributed by atoms with van der Waals surface area (Å²) in [6.45, 7) is 0. The number of carbonyl (C=O) groups excluding carboxylic acids is 2. The zero-order valence-corrected chi connectivity index (χ0v) is 19.6. The fraction of sp³-hybridized carbons (Fsp3) is 0.100. The van der Waals surface area contributed by atoms with Crippen LogP contribution < -0.4 is 11.5 Å². The number of anilines is 2. The van der Waals surface area contributed by atoms with Crippen molar-refractivity contribution < 1.29 is 52.7 Å². The maximum Gasteiger partial charge on any atom is 2.00 e. The van der Waals surface area contributed by atoms with Gasteiger partial charge in [-0.25, -0.2) is 0 Å². The molecule has 2 aromatic carbocycles. The third kappa shape index (κ3) is 7.61. The molecule has 1 radical (unpaired) electrons. The zero-order valence-electron chi connectivity index (χ0n) is 16.9. The minimum atomic E-state index is -4.86. The van der Waals surface area contributed by atoms with Gasteiger partial charge in [-0.05, 0) is 46.2 Å². The van der Waals surface area contributed by atoms with E-state index in [9.17, 15) is 35.9 Å². The number of alkyl halides is 6. The molecule has 0 fully saturated rings. The first kappa shape index (κ1) is 28.5. The van der Waals surface area contributed by atoms with Crippen LogP contribution in [-0.4, -0.2) is 23.9 Å². The van der Waals surface area contributed by atoms with E-state index in [-0.39, 0.29) is 26.8 Å². The van der Waals surface area contributed by atoms with Crippen molar-refractivity contribution in [2.24, 2.45) is 0 Å². The normalized spacial score (nSPS) is 16.3. The van der Waals surface area contributed by atoms with Gasteiger partial charge in [0.25, 0.3) is 11.6 Å². The molecule has 0 atom stereocenters. The van der Waals surface area contributed by atoms with Crippen molar-refractivity contribution in [3.63, 3.8) is 0 Å². The molecule has 2 aliphatic rings. The number of nitrogen functional groups attached to an aromatic ring is 2. The van der Waals surface area contributed by atoms with Crippen molar-refractivity contribution >= 4 is 57.8 Å². The minimum absolute atomic E-state index is 0. The van der Waals surface area contributed by atoms with Crippen molar-refractivity contribution in [1.82, 2.24) is 0 Å². The number of hydrogen-bond acceptors (Lipinski definition) is 6. The summed E-state index contributed by atoms with van der Waals surface area (Å²) in [6.07, 6.45) is -8.75. The smallest absolute Gasteiger partial charge is 0.651 e. The standard InChI is InChI=1S/2C10H7F3N2OS.Co/c2*11-10(12,13)8(16)4-9-15-6-2-1-5(14)3-7(6)17-9;/h2*1-4H,14H2,(H,15,16);/q;;+2/p-2. The molecule has 0 saturated carbocycles. The molecule has 0 unspecified atom stereocenters. The van der Waals surface area contributed by atoms with Crippen LogP contribution in [0.3, 0.4) is 0 Å². The monoisotopic (exact) mass is 577 g/mol. The third-order valence-corrected chi connectivity index (χ3v) is 5.86. The van der Waals surface area contributed by atoms with E-state index in [0.29, 0.717) is 44.7 Å². The van der Waals surface area contributed by atoms with E-state index in [1.807, 2.05) is 0 Å². The first-order valence-electron chi connectivity index (χ1n) is 8.96. The summed E-state index contributed by atoms with van der Waals surface area (Å²) in [5.74, 6) is -3.82. The summed E-state index contributed by atoms with van der Waals surface area (Å²) < 4.78 is 72.2. The van der Waals surface area contributed by atoms with Crippen molar-refractivity contribution in [2.45, 2.75) is 22.1 Å².